The molecule has 0 aliphatic rings. The summed E-state index contributed by atoms with van der Waals surface area (Å²) in [6, 6.07) is 1.62. The number of hydrogen-bond acceptors (Lipinski definition) is 3. The smallest absolute Gasteiger partial charge is 0.194 e. The van der Waals surface area contributed by atoms with Gasteiger partial charge in [0.1, 0.15) is 0 Å². The summed E-state index contributed by atoms with van der Waals surface area (Å²) in [6.45, 7) is 3.45. The summed E-state index contributed by atoms with van der Waals surface area (Å²) >= 11 is 5.86. The fourth-order valence-corrected chi connectivity index (χ4v) is 1.64. The first kappa shape index (κ1) is 13.6. The van der Waals surface area contributed by atoms with Gasteiger partial charge >= 0.3 is 0 Å². The van der Waals surface area contributed by atoms with Gasteiger partial charge < -0.3 is 5.32 Å². The van der Waals surface area contributed by atoms with Gasteiger partial charge in [-0.3, -0.25) is 0 Å². The third-order valence-corrected chi connectivity index (χ3v) is 2.77. The minimum absolute atomic E-state index is 0.00384. The Morgan fingerprint density at radius 3 is 2.11 bits per heavy atom. The molecule has 0 aliphatic heterocycles. The number of nitrogens with zero attached hydrogens (tertiary/aromatic N) is 2. The molecule has 2 rings (SSSR count). The van der Waals surface area contributed by atoms with E-state index in [2.05, 4.69) is 15.3 Å². The first-order chi connectivity index (χ1) is 8.88. The number of hydrogen-bond donors (Lipinski definition) is 1. The van der Waals surface area contributed by atoms with E-state index in [1.54, 1.807) is 13.8 Å². The molecule has 0 saturated carbocycles. The fraction of sp³-hybridized carbons (Fsp3) is 0.167. The van der Waals surface area contributed by atoms with E-state index in [-0.39, 0.29) is 16.7 Å². The third kappa shape index (κ3) is 2.78. The molecule has 1 aromatic heterocycles. The molecule has 1 aromatic carbocycles. The van der Waals surface area contributed by atoms with Crippen LogP contribution in [0.1, 0.15) is 11.4 Å². The van der Waals surface area contributed by atoms with Crippen molar-refractivity contribution in [3.05, 3.63) is 46.1 Å². The molecular weight excluding hydrogens is 279 g/mol. The van der Waals surface area contributed by atoms with Crippen molar-refractivity contribution in [3.63, 3.8) is 0 Å². The van der Waals surface area contributed by atoms with E-state index in [1.807, 2.05) is 0 Å². The lowest BCUT2D eigenvalue weighted by atomic mass is 10.3. The van der Waals surface area contributed by atoms with Crippen LogP contribution < -0.4 is 5.32 Å². The predicted molar refractivity (Wildman–Crippen MR) is 66.1 cm³/mol. The quantitative estimate of drug-likeness (QED) is 0.851. The summed E-state index contributed by atoms with van der Waals surface area (Å²) in [4.78, 5) is 8.12. The Morgan fingerprint density at radius 1 is 1.00 bits per heavy atom. The number of anilines is 2. The third-order valence-electron chi connectivity index (χ3n) is 2.51. The molecule has 19 heavy (non-hydrogen) atoms. The Balaban J connectivity index is 2.39. The van der Waals surface area contributed by atoms with Gasteiger partial charge in [0.05, 0.1) is 11.4 Å². The second kappa shape index (κ2) is 5.05. The van der Waals surface area contributed by atoms with Crippen LogP contribution in [0.25, 0.3) is 0 Å². The summed E-state index contributed by atoms with van der Waals surface area (Å²) in [6.07, 6.45) is 0. The maximum Gasteiger partial charge on any atom is 0.194 e. The van der Waals surface area contributed by atoms with Crippen LogP contribution >= 0.6 is 11.6 Å². The van der Waals surface area contributed by atoms with Gasteiger partial charge in [-0.05, 0) is 13.8 Å². The van der Waals surface area contributed by atoms with Crippen LogP contribution in [0.4, 0.5) is 24.7 Å². The van der Waals surface area contributed by atoms with Crippen molar-refractivity contribution in [2.24, 2.45) is 0 Å². The topological polar surface area (TPSA) is 37.8 Å². The molecule has 1 heterocycles. The first-order valence-electron chi connectivity index (χ1n) is 5.31. The van der Waals surface area contributed by atoms with Crippen molar-refractivity contribution in [2.45, 2.75) is 13.8 Å². The highest BCUT2D eigenvalue weighted by Crippen LogP contribution is 2.25. The fourth-order valence-electron chi connectivity index (χ4n) is 1.42. The molecule has 0 spiro atoms. The number of rotatable bonds is 2. The van der Waals surface area contributed by atoms with Gasteiger partial charge in [-0.2, -0.15) is 0 Å². The standard InChI is InChI=1S/C12H9ClF3N3/c1-5-6(2)18-12(11(13)17-5)19-7-3-8(14)10(16)9(15)4-7/h3-4H,1-2H3,(H,18,19). The van der Waals surface area contributed by atoms with Crippen molar-refractivity contribution >= 4 is 23.1 Å². The van der Waals surface area contributed by atoms with Gasteiger partial charge in [0, 0.05) is 17.8 Å². The summed E-state index contributed by atoms with van der Waals surface area (Å²) in [7, 11) is 0. The van der Waals surface area contributed by atoms with Gasteiger partial charge in [0.15, 0.2) is 28.4 Å². The molecule has 100 valence electrons. The number of halogens is 4. The molecular formula is C12H9ClF3N3. The largest absolute Gasteiger partial charge is 0.337 e. The molecule has 0 unspecified atom stereocenters. The normalized spacial score (nSPS) is 10.6. The second-order valence-corrected chi connectivity index (χ2v) is 4.27. The molecule has 1 N–H and O–H groups in total. The van der Waals surface area contributed by atoms with Gasteiger partial charge in [-0.15, -0.1) is 0 Å². The Hall–Kier alpha value is -1.82. The summed E-state index contributed by atoms with van der Waals surface area (Å²) < 4.78 is 38.9. The van der Waals surface area contributed by atoms with Gasteiger partial charge in [0.25, 0.3) is 0 Å². The first-order valence-corrected chi connectivity index (χ1v) is 5.68. The zero-order chi connectivity index (χ0) is 14.2. The minimum Gasteiger partial charge on any atom is -0.337 e. The number of aryl methyl sites for hydroxylation is 2. The van der Waals surface area contributed by atoms with Crippen LogP contribution in [0, 0.1) is 31.3 Å². The van der Waals surface area contributed by atoms with E-state index in [0.717, 1.165) is 12.1 Å². The minimum atomic E-state index is -1.53. The van der Waals surface area contributed by atoms with Crippen LogP contribution in [-0.2, 0) is 0 Å². The lowest BCUT2D eigenvalue weighted by Crippen LogP contribution is -2.02. The molecule has 0 amide bonds. The monoisotopic (exact) mass is 287 g/mol. The summed E-state index contributed by atoms with van der Waals surface area (Å²) in [5.74, 6) is -3.97. The number of benzene rings is 1. The van der Waals surface area contributed by atoms with Gasteiger partial charge in [0.2, 0.25) is 0 Å². The molecule has 0 radical (unpaired) electrons. The maximum absolute atomic E-state index is 13.1. The summed E-state index contributed by atoms with van der Waals surface area (Å²) in [5, 5.41) is 2.66. The van der Waals surface area contributed by atoms with Crippen molar-refractivity contribution in [1.82, 2.24) is 9.97 Å². The van der Waals surface area contributed by atoms with E-state index >= 15 is 0 Å². The van der Waals surface area contributed by atoms with Crippen LogP contribution in [-0.4, -0.2) is 9.97 Å². The molecule has 2 aromatic rings. The molecule has 0 fully saturated rings. The lowest BCUT2D eigenvalue weighted by Gasteiger charge is -2.09. The van der Waals surface area contributed by atoms with Gasteiger partial charge in [-0.1, -0.05) is 11.6 Å². The van der Waals surface area contributed by atoms with E-state index in [9.17, 15) is 13.2 Å². The number of nitrogens with one attached hydrogen (secondary N) is 1. The van der Waals surface area contributed by atoms with Crippen molar-refractivity contribution < 1.29 is 13.2 Å². The van der Waals surface area contributed by atoms with E-state index in [4.69, 9.17) is 11.6 Å². The lowest BCUT2D eigenvalue weighted by molar-refractivity contribution is 0.448. The highest BCUT2D eigenvalue weighted by Gasteiger charge is 2.13. The van der Waals surface area contributed by atoms with Crippen molar-refractivity contribution in [1.29, 1.82) is 0 Å². The van der Waals surface area contributed by atoms with Crippen LogP contribution in [0.3, 0.4) is 0 Å². The van der Waals surface area contributed by atoms with E-state index in [0.29, 0.717) is 11.4 Å². The molecule has 7 heteroatoms. The summed E-state index contributed by atoms with van der Waals surface area (Å²) in [5.41, 5.74) is 1.26. The average molecular weight is 288 g/mol. The number of aromatic nitrogens is 2. The highest BCUT2D eigenvalue weighted by molar-refractivity contribution is 6.31. The maximum atomic E-state index is 13.1. The van der Waals surface area contributed by atoms with Crippen molar-refractivity contribution in [2.75, 3.05) is 5.32 Å². The molecule has 0 saturated heterocycles. The van der Waals surface area contributed by atoms with Crippen LogP contribution in [0.5, 0.6) is 0 Å². The highest BCUT2D eigenvalue weighted by atomic mass is 35.5. The molecule has 0 aliphatic carbocycles. The SMILES string of the molecule is Cc1nc(Cl)c(Nc2cc(F)c(F)c(F)c2)nc1C. The predicted octanol–water partition coefficient (Wildman–Crippen LogP) is 3.91. The zero-order valence-electron chi connectivity index (χ0n) is 10.1. The zero-order valence-corrected chi connectivity index (χ0v) is 10.8. The molecule has 0 atom stereocenters. The Labute approximate surface area is 112 Å². The average Bonchev–Trinajstić information content (AvgIpc) is 2.33. The Bertz CT molecular complexity index is 623. The van der Waals surface area contributed by atoms with Crippen molar-refractivity contribution in [3.8, 4) is 0 Å². The molecule has 3 nitrogen and oxygen atoms in total. The van der Waals surface area contributed by atoms with Gasteiger partial charge in [-0.25, -0.2) is 23.1 Å². The molecule has 0 bridgehead atoms. The Kier molecular flexibility index (Phi) is 3.61. The van der Waals surface area contributed by atoms with E-state index < -0.39 is 17.5 Å². The second-order valence-electron chi connectivity index (χ2n) is 3.91. The Morgan fingerprint density at radius 2 is 1.53 bits per heavy atom. The van der Waals surface area contributed by atoms with E-state index in [1.165, 1.54) is 0 Å². The van der Waals surface area contributed by atoms with Crippen LogP contribution in [0.15, 0.2) is 12.1 Å². The van der Waals surface area contributed by atoms with Crippen LogP contribution in [0.2, 0.25) is 5.15 Å².